The summed E-state index contributed by atoms with van der Waals surface area (Å²) >= 11 is 0. The Balaban J connectivity index is 4.38. The van der Waals surface area contributed by atoms with Gasteiger partial charge in [0.15, 0.2) is 5.92 Å². The van der Waals surface area contributed by atoms with Gasteiger partial charge in [0.25, 0.3) is 0 Å². The molecule has 2 atom stereocenters. The van der Waals surface area contributed by atoms with Crippen molar-refractivity contribution < 1.29 is 23.1 Å². The largest absolute Gasteiger partial charge is 0.481 e. The highest BCUT2D eigenvalue weighted by molar-refractivity contribution is 5.71. The van der Waals surface area contributed by atoms with E-state index in [0.29, 0.717) is 6.42 Å². The molecule has 0 saturated heterocycles. The van der Waals surface area contributed by atoms with Crippen LogP contribution in [0.3, 0.4) is 0 Å². The quantitative estimate of drug-likeness (QED) is 0.750. The number of rotatable bonds is 6. The highest BCUT2D eigenvalue weighted by atomic mass is 19.4. The van der Waals surface area contributed by atoms with E-state index in [9.17, 15) is 18.0 Å². The van der Waals surface area contributed by atoms with Gasteiger partial charge in [0.2, 0.25) is 0 Å². The molecule has 96 valence electrons. The molecule has 0 fully saturated rings. The Labute approximate surface area is 93.0 Å². The van der Waals surface area contributed by atoms with E-state index in [0.717, 1.165) is 0 Å². The summed E-state index contributed by atoms with van der Waals surface area (Å²) in [6.07, 6.45) is -4.03. The van der Waals surface area contributed by atoms with Crippen LogP contribution in [0.4, 0.5) is 13.2 Å². The minimum atomic E-state index is -4.70. The zero-order chi connectivity index (χ0) is 12.9. The molecular weight excluding hydrogens is 223 g/mol. The van der Waals surface area contributed by atoms with E-state index in [1.807, 2.05) is 20.8 Å². The van der Waals surface area contributed by atoms with Crippen LogP contribution in [0.2, 0.25) is 0 Å². The summed E-state index contributed by atoms with van der Waals surface area (Å²) in [6.45, 7) is 5.03. The number of hydrogen-bond donors (Lipinski definition) is 2. The van der Waals surface area contributed by atoms with Crippen molar-refractivity contribution in [3.63, 3.8) is 0 Å². The van der Waals surface area contributed by atoms with Crippen LogP contribution in [0.5, 0.6) is 0 Å². The lowest BCUT2D eigenvalue weighted by atomic mass is 10.0. The Kier molecular flexibility index (Phi) is 5.78. The van der Waals surface area contributed by atoms with E-state index in [1.165, 1.54) is 0 Å². The second kappa shape index (κ2) is 6.08. The van der Waals surface area contributed by atoms with Gasteiger partial charge in [-0.2, -0.15) is 13.2 Å². The molecule has 0 saturated carbocycles. The van der Waals surface area contributed by atoms with Crippen LogP contribution in [-0.2, 0) is 4.79 Å². The van der Waals surface area contributed by atoms with Gasteiger partial charge in [-0.25, -0.2) is 0 Å². The van der Waals surface area contributed by atoms with Crippen molar-refractivity contribution in [3.05, 3.63) is 0 Å². The first-order chi connectivity index (χ1) is 7.20. The Hall–Kier alpha value is -0.780. The highest BCUT2D eigenvalue weighted by Gasteiger charge is 2.44. The average Bonchev–Trinajstić information content (AvgIpc) is 2.08. The van der Waals surface area contributed by atoms with Gasteiger partial charge in [-0.05, 0) is 12.3 Å². The van der Waals surface area contributed by atoms with E-state index >= 15 is 0 Å². The zero-order valence-corrected chi connectivity index (χ0v) is 9.64. The third kappa shape index (κ3) is 4.83. The zero-order valence-electron chi connectivity index (χ0n) is 9.64. The van der Waals surface area contributed by atoms with Crippen molar-refractivity contribution in [2.75, 3.05) is 6.54 Å². The maximum atomic E-state index is 12.3. The summed E-state index contributed by atoms with van der Waals surface area (Å²) in [5, 5.41) is 11.1. The van der Waals surface area contributed by atoms with Crippen molar-refractivity contribution in [3.8, 4) is 0 Å². The van der Waals surface area contributed by atoms with Crippen molar-refractivity contribution in [1.29, 1.82) is 0 Å². The minimum absolute atomic E-state index is 0.0933. The molecule has 0 spiro atoms. The van der Waals surface area contributed by atoms with Crippen LogP contribution in [0.25, 0.3) is 0 Å². The predicted molar refractivity (Wildman–Crippen MR) is 54.1 cm³/mol. The number of hydrogen-bond acceptors (Lipinski definition) is 2. The lowest BCUT2D eigenvalue weighted by Crippen LogP contribution is -2.44. The van der Waals surface area contributed by atoms with Gasteiger partial charge in [0, 0.05) is 12.6 Å². The molecule has 0 aromatic rings. The fraction of sp³-hybridized carbons (Fsp3) is 0.900. The molecule has 0 rings (SSSR count). The van der Waals surface area contributed by atoms with Crippen molar-refractivity contribution >= 4 is 5.97 Å². The topological polar surface area (TPSA) is 49.3 Å². The molecule has 0 aromatic heterocycles. The van der Waals surface area contributed by atoms with E-state index in [1.54, 1.807) is 0 Å². The molecule has 0 heterocycles. The number of carbonyl (C=O) groups is 1. The van der Waals surface area contributed by atoms with Crippen molar-refractivity contribution in [2.24, 2.45) is 11.8 Å². The predicted octanol–water partition coefficient (Wildman–Crippen LogP) is 2.27. The van der Waals surface area contributed by atoms with Crippen LogP contribution in [-0.4, -0.2) is 29.8 Å². The fourth-order valence-corrected chi connectivity index (χ4v) is 1.46. The van der Waals surface area contributed by atoms with Gasteiger partial charge in [-0.15, -0.1) is 0 Å². The summed E-state index contributed by atoms with van der Waals surface area (Å²) in [4.78, 5) is 10.5. The first-order valence-corrected chi connectivity index (χ1v) is 5.23. The molecular formula is C10H18F3NO2. The van der Waals surface area contributed by atoms with Crippen LogP contribution >= 0.6 is 0 Å². The van der Waals surface area contributed by atoms with Gasteiger partial charge in [0.1, 0.15) is 0 Å². The molecule has 6 heteroatoms. The van der Waals surface area contributed by atoms with E-state index in [4.69, 9.17) is 5.11 Å². The van der Waals surface area contributed by atoms with Crippen LogP contribution in [0.1, 0.15) is 27.2 Å². The Morgan fingerprint density at radius 1 is 1.38 bits per heavy atom. The van der Waals surface area contributed by atoms with E-state index in [2.05, 4.69) is 5.32 Å². The highest BCUT2D eigenvalue weighted by Crippen LogP contribution is 2.26. The maximum absolute atomic E-state index is 12.3. The Bertz CT molecular complexity index is 229. The molecule has 0 aliphatic carbocycles. The molecule has 0 aromatic carbocycles. The summed E-state index contributed by atoms with van der Waals surface area (Å²) in [5.41, 5.74) is 0. The number of aliphatic carboxylic acids is 1. The third-order valence-electron chi connectivity index (χ3n) is 2.52. The molecule has 2 N–H and O–H groups in total. The van der Waals surface area contributed by atoms with Gasteiger partial charge < -0.3 is 10.4 Å². The Morgan fingerprint density at radius 2 is 1.88 bits per heavy atom. The standard InChI is InChI=1S/C10H18F3NO2/c1-4-8(6(2)3)14-5-7(9(15)16)10(11,12)13/h6-8,14H,4-5H2,1-3H3,(H,15,16). The molecule has 0 aliphatic rings. The van der Waals surface area contributed by atoms with Gasteiger partial charge in [-0.1, -0.05) is 20.8 Å². The average molecular weight is 241 g/mol. The van der Waals surface area contributed by atoms with Gasteiger partial charge >= 0.3 is 12.1 Å². The summed E-state index contributed by atoms with van der Waals surface area (Å²) in [6, 6.07) is -0.0933. The molecule has 2 unspecified atom stereocenters. The van der Waals surface area contributed by atoms with Crippen molar-refractivity contribution in [2.45, 2.75) is 39.4 Å². The molecule has 16 heavy (non-hydrogen) atoms. The molecule has 3 nitrogen and oxygen atoms in total. The Morgan fingerprint density at radius 3 is 2.12 bits per heavy atom. The maximum Gasteiger partial charge on any atom is 0.403 e. The SMILES string of the molecule is CCC(NCC(C(=O)O)C(F)(F)F)C(C)C. The monoisotopic (exact) mass is 241 g/mol. The second-order valence-electron chi connectivity index (χ2n) is 4.10. The summed E-state index contributed by atoms with van der Waals surface area (Å²) in [7, 11) is 0. The van der Waals surface area contributed by atoms with Gasteiger partial charge in [0.05, 0.1) is 0 Å². The first-order valence-electron chi connectivity index (χ1n) is 5.23. The molecule has 0 bridgehead atoms. The lowest BCUT2D eigenvalue weighted by Gasteiger charge is -2.24. The van der Waals surface area contributed by atoms with Crippen LogP contribution < -0.4 is 5.32 Å². The van der Waals surface area contributed by atoms with Crippen LogP contribution in [0, 0.1) is 11.8 Å². The first kappa shape index (κ1) is 15.2. The number of nitrogens with one attached hydrogen (secondary N) is 1. The molecule has 0 aliphatic heterocycles. The van der Waals surface area contributed by atoms with E-state index < -0.39 is 24.6 Å². The lowest BCUT2D eigenvalue weighted by molar-refractivity contribution is -0.192. The number of halogens is 3. The second-order valence-corrected chi connectivity index (χ2v) is 4.10. The summed E-state index contributed by atoms with van der Waals surface area (Å²) < 4.78 is 36.9. The van der Waals surface area contributed by atoms with Gasteiger partial charge in [-0.3, -0.25) is 4.79 Å². The van der Waals surface area contributed by atoms with E-state index in [-0.39, 0.29) is 12.0 Å². The number of alkyl halides is 3. The number of carboxylic acids is 1. The van der Waals surface area contributed by atoms with Crippen molar-refractivity contribution in [1.82, 2.24) is 5.32 Å². The third-order valence-corrected chi connectivity index (χ3v) is 2.52. The molecule has 0 amide bonds. The molecule has 0 radical (unpaired) electrons. The summed E-state index contributed by atoms with van der Waals surface area (Å²) in [5.74, 6) is -3.99. The smallest absolute Gasteiger partial charge is 0.403 e. The fourth-order valence-electron chi connectivity index (χ4n) is 1.46. The number of carboxylic acid groups (broad SMARTS) is 1. The minimum Gasteiger partial charge on any atom is -0.481 e. The normalized spacial score (nSPS) is 16.2. The van der Waals surface area contributed by atoms with Crippen LogP contribution in [0.15, 0.2) is 0 Å².